The van der Waals surface area contributed by atoms with Crippen LogP contribution in [0.4, 0.5) is 5.69 Å². The van der Waals surface area contributed by atoms with E-state index in [-0.39, 0.29) is 11.8 Å². The number of rotatable bonds is 3. The molecule has 0 aliphatic carbocycles. The Morgan fingerprint density at radius 2 is 2.17 bits per heavy atom. The van der Waals surface area contributed by atoms with Gasteiger partial charge in [0.2, 0.25) is 11.8 Å². The molecule has 1 N–H and O–H groups in total. The lowest BCUT2D eigenvalue weighted by molar-refractivity contribution is -0.119. The van der Waals surface area contributed by atoms with Crippen LogP contribution >= 0.6 is 0 Å². The predicted octanol–water partition coefficient (Wildman–Crippen LogP) is 1.27. The highest BCUT2D eigenvalue weighted by molar-refractivity contribution is 5.95. The number of aryl methyl sites for hydroxylation is 1. The van der Waals surface area contributed by atoms with Gasteiger partial charge in [-0.05, 0) is 30.0 Å². The topological polar surface area (TPSA) is 49.4 Å². The molecular formula is C14H18N2O2. The highest BCUT2D eigenvalue weighted by Crippen LogP contribution is 2.27. The smallest absolute Gasteiger partial charge is 0.227 e. The van der Waals surface area contributed by atoms with Crippen LogP contribution in [-0.2, 0) is 22.4 Å². The Kier molecular flexibility index (Phi) is 3.65. The van der Waals surface area contributed by atoms with E-state index in [0.717, 1.165) is 18.5 Å². The summed E-state index contributed by atoms with van der Waals surface area (Å²) in [6.07, 6.45) is 2.22. The highest BCUT2D eigenvalue weighted by Gasteiger charge is 2.20. The van der Waals surface area contributed by atoms with Gasteiger partial charge in [-0.1, -0.05) is 12.1 Å². The van der Waals surface area contributed by atoms with Crippen molar-refractivity contribution in [2.45, 2.75) is 26.2 Å². The summed E-state index contributed by atoms with van der Waals surface area (Å²) in [6.45, 7) is 2.18. The molecule has 0 aromatic heterocycles. The standard InChI is InChI=1S/C14H18N2O2/c1-10(17)15-8-7-11-3-5-13-12(9-11)4-6-14(18)16(13)2/h3,5,9H,4,6-8H2,1-2H3,(H,15,17). The summed E-state index contributed by atoms with van der Waals surface area (Å²) in [5, 5.41) is 2.79. The van der Waals surface area contributed by atoms with E-state index in [2.05, 4.69) is 11.4 Å². The van der Waals surface area contributed by atoms with Gasteiger partial charge in [0.15, 0.2) is 0 Å². The number of nitrogens with one attached hydrogen (secondary N) is 1. The molecule has 0 spiro atoms. The molecule has 1 aromatic rings. The van der Waals surface area contributed by atoms with Crippen LogP contribution in [0.15, 0.2) is 18.2 Å². The lowest BCUT2D eigenvalue weighted by Crippen LogP contribution is -2.31. The number of carbonyl (C=O) groups is 2. The molecule has 4 nitrogen and oxygen atoms in total. The fraction of sp³-hybridized carbons (Fsp3) is 0.429. The van der Waals surface area contributed by atoms with Crippen molar-refractivity contribution in [3.05, 3.63) is 29.3 Å². The molecule has 96 valence electrons. The van der Waals surface area contributed by atoms with Crippen molar-refractivity contribution in [1.82, 2.24) is 5.32 Å². The first kappa shape index (κ1) is 12.6. The zero-order chi connectivity index (χ0) is 13.1. The molecule has 0 saturated heterocycles. The number of fused-ring (bicyclic) bond motifs is 1. The van der Waals surface area contributed by atoms with Crippen molar-refractivity contribution in [3.8, 4) is 0 Å². The first-order valence-corrected chi connectivity index (χ1v) is 6.20. The van der Waals surface area contributed by atoms with E-state index in [1.165, 1.54) is 18.1 Å². The molecular weight excluding hydrogens is 228 g/mol. The van der Waals surface area contributed by atoms with E-state index in [1.54, 1.807) is 4.90 Å². The van der Waals surface area contributed by atoms with E-state index in [1.807, 2.05) is 19.2 Å². The van der Waals surface area contributed by atoms with Gasteiger partial charge in [0.05, 0.1) is 0 Å². The minimum atomic E-state index is -0.00158. The summed E-state index contributed by atoms with van der Waals surface area (Å²) in [4.78, 5) is 24.1. The highest BCUT2D eigenvalue weighted by atomic mass is 16.2. The van der Waals surface area contributed by atoms with E-state index in [9.17, 15) is 9.59 Å². The largest absolute Gasteiger partial charge is 0.356 e. The molecule has 4 heteroatoms. The summed E-state index contributed by atoms with van der Waals surface area (Å²) < 4.78 is 0. The van der Waals surface area contributed by atoms with Crippen LogP contribution in [0.5, 0.6) is 0 Å². The third-order valence-electron chi connectivity index (χ3n) is 3.28. The second-order valence-corrected chi connectivity index (χ2v) is 4.65. The third kappa shape index (κ3) is 2.70. The average Bonchev–Trinajstić information content (AvgIpc) is 2.33. The SMILES string of the molecule is CC(=O)NCCc1ccc2c(c1)CCC(=O)N2C. The van der Waals surface area contributed by atoms with Crippen molar-refractivity contribution in [2.75, 3.05) is 18.5 Å². The molecule has 0 saturated carbocycles. The number of carbonyl (C=O) groups excluding carboxylic acids is 2. The molecule has 0 unspecified atom stereocenters. The average molecular weight is 246 g/mol. The Labute approximate surface area is 107 Å². The number of nitrogens with zero attached hydrogens (tertiary/aromatic N) is 1. The van der Waals surface area contributed by atoms with E-state index in [0.29, 0.717) is 13.0 Å². The molecule has 2 amide bonds. The molecule has 0 bridgehead atoms. The fourth-order valence-corrected chi connectivity index (χ4v) is 2.25. The summed E-state index contributed by atoms with van der Waals surface area (Å²) >= 11 is 0. The van der Waals surface area contributed by atoms with Crippen molar-refractivity contribution in [1.29, 1.82) is 0 Å². The van der Waals surface area contributed by atoms with Crippen LogP contribution in [0.25, 0.3) is 0 Å². The maximum Gasteiger partial charge on any atom is 0.227 e. The van der Waals surface area contributed by atoms with Gasteiger partial charge in [-0.15, -0.1) is 0 Å². The summed E-state index contributed by atoms with van der Waals surface area (Å²) in [6, 6.07) is 6.16. The Balaban J connectivity index is 2.08. The van der Waals surface area contributed by atoms with Crippen LogP contribution in [0.2, 0.25) is 0 Å². The minimum Gasteiger partial charge on any atom is -0.356 e. The third-order valence-corrected chi connectivity index (χ3v) is 3.28. The van der Waals surface area contributed by atoms with Gasteiger partial charge in [-0.25, -0.2) is 0 Å². The Morgan fingerprint density at radius 3 is 2.89 bits per heavy atom. The number of benzene rings is 1. The maximum absolute atomic E-state index is 11.6. The molecule has 1 aliphatic heterocycles. The number of anilines is 1. The Bertz CT molecular complexity index is 483. The monoisotopic (exact) mass is 246 g/mol. The van der Waals surface area contributed by atoms with Crippen molar-refractivity contribution < 1.29 is 9.59 Å². The van der Waals surface area contributed by atoms with Crippen LogP contribution in [0.1, 0.15) is 24.5 Å². The molecule has 0 fully saturated rings. The van der Waals surface area contributed by atoms with Crippen molar-refractivity contribution >= 4 is 17.5 Å². The second-order valence-electron chi connectivity index (χ2n) is 4.65. The first-order chi connectivity index (χ1) is 8.58. The molecule has 1 heterocycles. The summed E-state index contributed by atoms with van der Waals surface area (Å²) in [5.41, 5.74) is 3.43. The summed E-state index contributed by atoms with van der Waals surface area (Å²) in [5.74, 6) is 0.173. The van der Waals surface area contributed by atoms with Crippen LogP contribution in [0.3, 0.4) is 0 Å². The zero-order valence-corrected chi connectivity index (χ0v) is 10.8. The second kappa shape index (κ2) is 5.21. The fourth-order valence-electron chi connectivity index (χ4n) is 2.25. The zero-order valence-electron chi connectivity index (χ0n) is 10.8. The van der Waals surface area contributed by atoms with Gasteiger partial charge in [0, 0.05) is 32.6 Å². The molecule has 1 aliphatic rings. The van der Waals surface area contributed by atoms with E-state index in [4.69, 9.17) is 0 Å². The van der Waals surface area contributed by atoms with Gasteiger partial charge in [-0.3, -0.25) is 9.59 Å². The predicted molar refractivity (Wildman–Crippen MR) is 70.6 cm³/mol. The summed E-state index contributed by atoms with van der Waals surface area (Å²) in [7, 11) is 1.82. The number of amides is 2. The van der Waals surface area contributed by atoms with Gasteiger partial charge in [0.25, 0.3) is 0 Å². The maximum atomic E-state index is 11.6. The normalized spacial score (nSPS) is 14.3. The Hall–Kier alpha value is -1.84. The molecule has 18 heavy (non-hydrogen) atoms. The van der Waals surface area contributed by atoms with E-state index >= 15 is 0 Å². The van der Waals surface area contributed by atoms with Crippen LogP contribution in [-0.4, -0.2) is 25.4 Å². The van der Waals surface area contributed by atoms with Gasteiger partial charge in [-0.2, -0.15) is 0 Å². The van der Waals surface area contributed by atoms with Gasteiger partial charge < -0.3 is 10.2 Å². The lowest BCUT2D eigenvalue weighted by atomic mass is 9.98. The molecule has 2 rings (SSSR count). The Morgan fingerprint density at radius 1 is 1.39 bits per heavy atom. The van der Waals surface area contributed by atoms with Crippen molar-refractivity contribution in [2.24, 2.45) is 0 Å². The molecule has 0 atom stereocenters. The molecule has 0 radical (unpaired) electrons. The van der Waals surface area contributed by atoms with Crippen molar-refractivity contribution in [3.63, 3.8) is 0 Å². The quantitative estimate of drug-likeness (QED) is 0.873. The van der Waals surface area contributed by atoms with Gasteiger partial charge >= 0.3 is 0 Å². The number of hydrogen-bond donors (Lipinski definition) is 1. The van der Waals surface area contributed by atoms with Crippen LogP contribution < -0.4 is 10.2 Å². The first-order valence-electron chi connectivity index (χ1n) is 6.20. The lowest BCUT2D eigenvalue weighted by Gasteiger charge is -2.26. The minimum absolute atomic E-state index is 0.00158. The van der Waals surface area contributed by atoms with E-state index < -0.39 is 0 Å². The molecule has 1 aromatic carbocycles. The van der Waals surface area contributed by atoms with Crippen LogP contribution in [0, 0.1) is 0 Å². The van der Waals surface area contributed by atoms with Gasteiger partial charge in [0.1, 0.15) is 0 Å². The number of hydrogen-bond acceptors (Lipinski definition) is 2.